The number of methoxy groups -OCH3 is 1. The third-order valence-corrected chi connectivity index (χ3v) is 4.16. The van der Waals surface area contributed by atoms with E-state index in [2.05, 4.69) is 12.1 Å². The summed E-state index contributed by atoms with van der Waals surface area (Å²) >= 11 is 0. The fraction of sp³-hybridized carbons (Fsp3) is 0.353. The fourth-order valence-electron chi connectivity index (χ4n) is 2.88. The molecular formula is C17H21ClN2O3. The van der Waals surface area contributed by atoms with Gasteiger partial charge in [0.15, 0.2) is 0 Å². The Kier molecular flexibility index (Phi) is 5.69. The maximum absolute atomic E-state index is 12.5. The minimum atomic E-state index is 0. The molecule has 1 saturated heterocycles. The average Bonchev–Trinajstić information content (AvgIpc) is 3.23. The Bertz CT molecular complexity index is 654. The minimum Gasteiger partial charge on any atom is -0.497 e. The fourth-order valence-corrected chi connectivity index (χ4v) is 2.88. The molecule has 2 aromatic rings. The monoisotopic (exact) mass is 336 g/mol. The van der Waals surface area contributed by atoms with Crippen LogP contribution in [0, 0.1) is 0 Å². The van der Waals surface area contributed by atoms with Gasteiger partial charge in [0.1, 0.15) is 17.8 Å². The van der Waals surface area contributed by atoms with E-state index in [1.807, 2.05) is 17.0 Å². The van der Waals surface area contributed by atoms with Gasteiger partial charge in [-0.1, -0.05) is 12.1 Å². The lowest BCUT2D eigenvalue weighted by atomic mass is 9.98. The molecule has 1 atom stereocenters. The SMILES string of the molecule is COc1ccc(C2CCN(C(=O)c3coc(CN)c3)C2)cc1.Cl. The molecule has 1 aliphatic heterocycles. The predicted octanol–water partition coefficient (Wildman–Crippen LogP) is 2.80. The molecule has 1 unspecified atom stereocenters. The highest BCUT2D eigenvalue weighted by Gasteiger charge is 2.28. The largest absolute Gasteiger partial charge is 0.497 e. The van der Waals surface area contributed by atoms with Crippen molar-refractivity contribution < 1.29 is 13.9 Å². The van der Waals surface area contributed by atoms with Crippen LogP contribution in [0.5, 0.6) is 5.75 Å². The van der Waals surface area contributed by atoms with E-state index in [4.69, 9.17) is 14.9 Å². The summed E-state index contributed by atoms with van der Waals surface area (Å²) in [5.41, 5.74) is 7.33. The molecule has 0 saturated carbocycles. The standard InChI is InChI=1S/C17H20N2O3.ClH/c1-21-15-4-2-12(3-5-15)13-6-7-19(10-13)17(20)14-8-16(9-18)22-11-14;/h2-5,8,11,13H,6-7,9-10,18H2,1H3;1H. The molecule has 1 aromatic carbocycles. The molecule has 1 amide bonds. The first-order valence-corrected chi connectivity index (χ1v) is 7.42. The van der Waals surface area contributed by atoms with Crippen LogP contribution in [0.4, 0.5) is 0 Å². The van der Waals surface area contributed by atoms with E-state index >= 15 is 0 Å². The summed E-state index contributed by atoms with van der Waals surface area (Å²) in [4.78, 5) is 14.3. The van der Waals surface area contributed by atoms with E-state index in [9.17, 15) is 4.79 Å². The van der Waals surface area contributed by atoms with Gasteiger partial charge in [-0.2, -0.15) is 0 Å². The van der Waals surface area contributed by atoms with Crippen molar-refractivity contribution in [1.82, 2.24) is 4.90 Å². The summed E-state index contributed by atoms with van der Waals surface area (Å²) in [7, 11) is 1.66. The van der Waals surface area contributed by atoms with Crippen molar-refractivity contribution in [3.63, 3.8) is 0 Å². The van der Waals surface area contributed by atoms with Gasteiger partial charge in [-0.25, -0.2) is 0 Å². The minimum absolute atomic E-state index is 0. The number of ether oxygens (including phenoxy) is 1. The highest BCUT2D eigenvalue weighted by molar-refractivity contribution is 5.94. The summed E-state index contributed by atoms with van der Waals surface area (Å²) < 4.78 is 10.4. The van der Waals surface area contributed by atoms with Gasteiger partial charge in [0.25, 0.3) is 5.91 Å². The van der Waals surface area contributed by atoms with Crippen LogP contribution in [0.2, 0.25) is 0 Å². The quantitative estimate of drug-likeness (QED) is 0.932. The van der Waals surface area contributed by atoms with Crippen LogP contribution in [0.15, 0.2) is 41.0 Å². The molecule has 1 aromatic heterocycles. The number of hydrogen-bond donors (Lipinski definition) is 1. The second-order valence-corrected chi connectivity index (χ2v) is 5.52. The van der Waals surface area contributed by atoms with Crippen molar-refractivity contribution in [2.45, 2.75) is 18.9 Å². The molecule has 124 valence electrons. The van der Waals surface area contributed by atoms with E-state index in [0.717, 1.165) is 25.3 Å². The predicted molar refractivity (Wildman–Crippen MR) is 90.1 cm³/mol. The third-order valence-electron chi connectivity index (χ3n) is 4.16. The Hall–Kier alpha value is -1.98. The number of furan rings is 1. The highest BCUT2D eigenvalue weighted by Crippen LogP contribution is 2.29. The second-order valence-electron chi connectivity index (χ2n) is 5.52. The van der Waals surface area contributed by atoms with Crippen molar-refractivity contribution in [1.29, 1.82) is 0 Å². The van der Waals surface area contributed by atoms with Crippen molar-refractivity contribution in [2.24, 2.45) is 5.73 Å². The number of likely N-dealkylation sites (tertiary alicyclic amines) is 1. The Labute approximate surface area is 141 Å². The number of amides is 1. The van der Waals surface area contributed by atoms with Crippen LogP contribution < -0.4 is 10.5 Å². The molecule has 0 radical (unpaired) electrons. The Morgan fingerprint density at radius 1 is 1.39 bits per heavy atom. The Morgan fingerprint density at radius 2 is 2.13 bits per heavy atom. The van der Waals surface area contributed by atoms with Gasteiger partial charge < -0.3 is 19.8 Å². The molecule has 0 bridgehead atoms. The molecule has 2 N–H and O–H groups in total. The van der Waals surface area contributed by atoms with Gasteiger partial charge in [0.2, 0.25) is 0 Å². The zero-order chi connectivity index (χ0) is 15.5. The lowest BCUT2D eigenvalue weighted by Gasteiger charge is -2.16. The molecule has 0 spiro atoms. The molecule has 1 fully saturated rings. The maximum atomic E-state index is 12.5. The summed E-state index contributed by atoms with van der Waals surface area (Å²) in [6.07, 6.45) is 2.46. The summed E-state index contributed by atoms with van der Waals surface area (Å²) in [5, 5.41) is 0. The van der Waals surface area contributed by atoms with E-state index in [1.165, 1.54) is 11.8 Å². The zero-order valence-electron chi connectivity index (χ0n) is 13.0. The van der Waals surface area contributed by atoms with Crippen molar-refractivity contribution in [2.75, 3.05) is 20.2 Å². The number of nitrogens with two attached hydrogens (primary N) is 1. The molecule has 0 aliphatic carbocycles. The Morgan fingerprint density at radius 3 is 2.74 bits per heavy atom. The van der Waals surface area contributed by atoms with Gasteiger partial charge >= 0.3 is 0 Å². The van der Waals surface area contributed by atoms with Gasteiger partial charge in [0, 0.05) is 19.0 Å². The average molecular weight is 337 g/mol. The topological polar surface area (TPSA) is 68.7 Å². The Balaban J connectivity index is 0.00000192. The van der Waals surface area contributed by atoms with Gasteiger partial charge in [-0.15, -0.1) is 12.4 Å². The number of nitrogens with zero attached hydrogens (tertiary/aromatic N) is 1. The lowest BCUT2D eigenvalue weighted by molar-refractivity contribution is 0.0790. The maximum Gasteiger partial charge on any atom is 0.257 e. The third kappa shape index (κ3) is 3.68. The number of hydrogen-bond acceptors (Lipinski definition) is 4. The van der Waals surface area contributed by atoms with E-state index in [1.54, 1.807) is 13.2 Å². The van der Waals surface area contributed by atoms with Gasteiger partial charge in [0.05, 0.1) is 19.2 Å². The number of halogens is 1. The molecule has 23 heavy (non-hydrogen) atoms. The van der Waals surface area contributed by atoms with Crippen LogP contribution in [0.3, 0.4) is 0 Å². The number of rotatable bonds is 4. The molecule has 6 heteroatoms. The van der Waals surface area contributed by atoms with E-state index < -0.39 is 0 Å². The zero-order valence-corrected chi connectivity index (χ0v) is 13.8. The van der Waals surface area contributed by atoms with Crippen molar-refractivity contribution >= 4 is 18.3 Å². The van der Waals surface area contributed by atoms with Crippen LogP contribution in [0.1, 0.15) is 34.0 Å². The molecule has 1 aliphatic rings. The van der Waals surface area contributed by atoms with Crippen LogP contribution in [-0.4, -0.2) is 31.0 Å². The van der Waals surface area contributed by atoms with Crippen molar-refractivity contribution in [3.05, 3.63) is 53.5 Å². The van der Waals surface area contributed by atoms with E-state index in [0.29, 0.717) is 23.8 Å². The lowest BCUT2D eigenvalue weighted by Crippen LogP contribution is -2.28. The van der Waals surface area contributed by atoms with Crippen molar-refractivity contribution in [3.8, 4) is 5.75 Å². The number of benzene rings is 1. The van der Waals surface area contributed by atoms with E-state index in [-0.39, 0.29) is 18.3 Å². The smallest absolute Gasteiger partial charge is 0.257 e. The molecular weight excluding hydrogens is 316 g/mol. The van der Waals surface area contributed by atoms with Crippen LogP contribution in [0.25, 0.3) is 0 Å². The first kappa shape index (κ1) is 17.4. The van der Waals surface area contributed by atoms with Crippen LogP contribution >= 0.6 is 12.4 Å². The second kappa shape index (κ2) is 7.53. The number of carbonyl (C=O) groups is 1. The summed E-state index contributed by atoms with van der Waals surface area (Å²) in [6, 6.07) is 9.79. The molecule has 3 rings (SSSR count). The summed E-state index contributed by atoms with van der Waals surface area (Å²) in [6.45, 7) is 1.80. The normalized spacial score (nSPS) is 17.0. The van der Waals surface area contributed by atoms with Gasteiger partial charge in [-0.3, -0.25) is 4.79 Å². The first-order chi connectivity index (χ1) is 10.7. The summed E-state index contributed by atoms with van der Waals surface area (Å²) in [5.74, 6) is 1.87. The molecule has 5 nitrogen and oxygen atoms in total. The highest BCUT2D eigenvalue weighted by atomic mass is 35.5. The first-order valence-electron chi connectivity index (χ1n) is 7.42. The number of carbonyl (C=O) groups excluding carboxylic acids is 1. The van der Waals surface area contributed by atoms with Crippen LogP contribution in [-0.2, 0) is 6.54 Å². The molecule has 2 heterocycles. The van der Waals surface area contributed by atoms with Gasteiger partial charge in [-0.05, 0) is 30.2 Å².